The molecule has 5 heteroatoms. The van der Waals surface area contributed by atoms with Crippen LogP contribution in [-0.2, 0) is 4.79 Å². The summed E-state index contributed by atoms with van der Waals surface area (Å²) >= 11 is 1.74. The molecule has 0 bridgehead atoms. The predicted molar refractivity (Wildman–Crippen MR) is 86.3 cm³/mol. The maximum atomic E-state index is 13.0. The lowest BCUT2D eigenvalue weighted by atomic mass is 9.98. The lowest BCUT2D eigenvalue weighted by Gasteiger charge is -2.24. The van der Waals surface area contributed by atoms with E-state index in [0.717, 1.165) is 32.4 Å². The second kappa shape index (κ2) is 6.07. The summed E-state index contributed by atoms with van der Waals surface area (Å²) in [5.74, 6) is 0.331. The van der Waals surface area contributed by atoms with Gasteiger partial charge in [0.1, 0.15) is 6.17 Å². The Kier molecular flexibility index (Phi) is 4.33. The van der Waals surface area contributed by atoms with Crippen LogP contribution in [0.5, 0.6) is 0 Å². The van der Waals surface area contributed by atoms with E-state index in [0.29, 0.717) is 5.91 Å². The lowest BCUT2D eigenvalue weighted by molar-refractivity contribution is -0.133. The van der Waals surface area contributed by atoms with Crippen LogP contribution in [0.1, 0.15) is 43.1 Å². The Labute approximate surface area is 131 Å². The Balaban J connectivity index is 1.77. The van der Waals surface area contributed by atoms with Crippen molar-refractivity contribution in [3.05, 3.63) is 22.4 Å². The quantitative estimate of drug-likeness (QED) is 0.907. The zero-order valence-electron chi connectivity index (χ0n) is 13.0. The first-order valence-electron chi connectivity index (χ1n) is 7.89. The van der Waals surface area contributed by atoms with Crippen LogP contribution >= 0.6 is 11.3 Å². The van der Waals surface area contributed by atoms with Crippen molar-refractivity contribution in [1.82, 2.24) is 15.1 Å². The lowest BCUT2D eigenvalue weighted by Crippen LogP contribution is -2.44. The van der Waals surface area contributed by atoms with Crippen LogP contribution in [0.2, 0.25) is 0 Å². The summed E-state index contributed by atoms with van der Waals surface area (Å²) in [5.41, 5.74) is -0.271. The largest absolute Gasteiger partial charge is 0.320 e. The highest BCUT2D eigenvalue weighted by molar-refractivity contribution is 7.10. The molecule has 1 spiro atoms. The summed E-state index contributed by atoms with van der Waals surface area (Å²) in [7, 11) is 4.17. The molecule has 1 aromatic heterocycles. The molecular formula is C16H25N3OS. The van der Waals surface area contributed by atoms with Crippen LogP contribution in [0.4, 0.5) is 0 Å². The van der Waals surface area contributed by atoms with Crippen molar-refractivity contribution in [3.8, 4) is 0 Å². The van der Waals surface area contributed by atoms with Gasteiger partial charge < -0.3 is 9.80 Å². The minimum absolute atomic E-state index is 0.0813. The fraction of sp³-hybridized carbons (Fsp3) is 0.688. The van der Waals surface area contributed by atoms with Gasteiger partial charge in [-0.05, 0) is 51.3 Å². The van der Waals surface area contributed by atoms with Crippen molar-refractivity contribution in [2.45, 2.75) is 43.8 Å². The highest BCUT2D eigenvalue weighted by Crippen LogP contribution is 2.41. The average molecular weight is 307 g/mol. The van der Waals surface area contributed by atoms with Crippen molar-refractivity contribution in [2.24, 2.45) is 0 Å². The van der Waals surface area contributed by atoms with E-state index < -0.39 is 0 Å². The summed E-state index contributed by atoms with van der Waals surface area (Å²) in [6.45, 7) is 1.86. The normalized spacial score (nSPS) is 24.6. The Morgan fingerprint density at radius 3 is 2.81 bits per heavy atom. The monoisotopic (exact) mass is 307 g/mol. The first kappa shape index (κ1) is 15.0. The minimum Gasteiger partial charge on any atom is -0.320 e. The van der Waals surface area contributed by atoms with Crippen molar-refractivity contribution in [2.75, 3.05) is 27.2 Å². The second-order valence-electron chi connectivity index (χ2n) is 6.51. The first-order chi connectivity index (χ1) is 10.1. The maximum Gasteiger partial charge on any atom is 0.244 e. The molecule has 0 radical (unpaired) electrons. The summed E-state index contributed by atoms with van der Waals surface area (Å²) in [6, 6.07) is 4.21. The van der Waals surface area contributed by atoms with E-state index >= 15 is 0 Å². The molecule has 1 aliphatic heterocycles. The van der Waals surface area contributed by atoms with Gasteiger partial charge in [0.05, 0.1) is 5.54 Å². The number of hydrogen-bond acceptors (Lipinski definition) is 4. The van der Waals surface area contributed by atoms with Gasteiger partial charge >= 0.3 is 0 Å². The van der Waals surface area contributed by atoms with Crippen LogP contribution in [0.25, 0.3) is 0 Å². The molecule has 1 saturated carbocycles. The van der Waals surface area contributed by atoms with Crippen LogP contribution in [-0.4, -0.2) is 48.4 Å². The van der Waals surface area contributed by atoms with Crippen LogP contribution in [0.3, 0.4) is 0 Å². The van der Waals surface area contributed by atoms with Gasteiger partial charge in [0.15, 0.2) is 0 Å². The number of nitrogens with one attached hydrogen (secondary N) is 1. The number of hydrogen-bond donors (Lipinski definition) is 1. The summed E-state index contributed by atoms with van der Waals surface area (Å²) in [6.07, 6.45) is 5.44. The van der Waals surface area contributed by atoms with E-state index in [4.69, 9.17) is 0 Å². The molecule has 2 aliphatic rings. The molecule has 1 unspecified atom stereocenters. The smallest absolute Gasteiger partial charge is 0.244 e. The molecule has 3 rings (SSSR count). The van der Waals surface area contributed by atoms with E-state index in [1.165, 1.54) is 17.7 Å². The fourth-order valence-electron chi connectivity index (χ4n) is 3.59. The van der Waals surface area contributed by atoms with Gasteiger partial charge in [0, 0.05) is 11.4 Å². The number of rotatable bonds is 5. The molecule has 2 heterocycles. The Bertz CT molecular complexity index is 480. The summed E-state index contributed by atoms with van der Waals surface area (Å²) in [5, 5.41) is 5.78. The zero-order chi connectivity index (χ0) is 14.9. The van der Waals surface area contributed by atoms with E-state index in [1.54, 1.807) is 11.3 Å². The molecule has 116 valence electrons. The van der Waals surface area contributed by atoms with Gasteiger partial charge in [-0.25, -0.2) is 0 Å². The predicted octanol–water partition coefficient (Wildman–Crippen LogP) is 2.44. The second-order valence-corrected chi connectivity index (χ2v) is 7.49. The molecule has 1 saturated heterocycles. The van der Waals surface area contributed by atoms with Gasteiger partial charge in [-0.15, -0.1) is 11.3 Å². The molecule has 21 heavy (non-hydrogen) atoms. The van der Waals surface area contributed by atoms with E-state index in [1.807, 2.05) is 0 Å². The highest BCUT2D eigenvalue weighted by Gasteiger charge is 2.52. The highest BCUT2D eigenvalue weighted by atomic mass is 32.1. The van der Waals surface area contributed by atoms with E-state index in [9.17, 15) is 4.79 Å². The molecule has 1 N–H and O–H groups in total. The van der Waals surface area contributed by atoms with Gasteiger partial charge in [0.25, 0.3) is 0 Å². The van der Waals surface area contributed by atoms with Crippen molar-refractivity contribution in [1.29, 1.82) is 0 Å². The Morgan fingerprint density at radius 2 is 2.19 bits per heavy atom. The van der Waals surface area contributed by atoms with Crippen LogP contribution in [0.15, 0.2) is 17.5 Å². The van der Waals surface area contributed by atoms with Gasteiger partial charge in [0.2, 0.25) is 5.91 Å². The van der Waals surface area contributed by atoms with Crippen molar-refractivity contribution >= 4 is 17.2 Å². The standard InChI is InChI=1S/C16H25N3OS/c1-18(2)10-6-11-19-14(13-7-5-12-21-13)17-16(15(19)20)8-3-4-9-16/h5,7,12,14,17H,3-4,6,8-11H2,1-2H3. The Hall–Kier alpha value is -0.910. The fourth-order valence-corrected chi connectivity index (χ4v) is 4.38. The summed E-state index contributed by atoms with van der Waals surface area (Å²) < 4.78 is 0. The molecule has 1 aliphatic carbocycles. The SMILES string of the molecule is CN(C)CCCN1C(=O)C2(CCCC2)NC1c1cccs1. The average Bonchev–Trinajstić information content (AvgIpc) is 3.15. The number of amides is 1. The third kappa shape index (κ3) is 2.87. The van der Waals surface area contributed by atoms with Gasteiger partial charge in [-0.1, -0.05) is 18.9 Å². The summed E-state index contributed by atoms with van der Waals surface area (Å²) in [4.78, 5) is 18.5. The number of thiophene rings is 1. The van der Waals surface area contributed by atoms with E-state index in [-0.39, 0.29) is 11.7 Å². The van der Waals surface area contributed by atoms with Gasteiger partial charge in [-0.2, -0.15) is 0 Å². The minimum atomic E-state index is -0.271. The third-order valence-corrected chi connectivity index (χ3v) is 5.59. The molecule has 1 atom stereocenters. The molecule has 2 fully saturated rings. The zero-order valence-corrected chi connectivity index (χ0v) is 13.8. The van der Waals surface area contributed by atoms with Crippen LogP contribution in [0, 0.1) is 0 Å². The van der Waals surface area contributed by atoms with Crippen molar-refractivity contribution in [3.63, 3.8) is 0 Å². The Morgan fingerprint density at radius 1 is 1.43 bits per heavy atom. The van der Waals surface area contributed by atoms with Crippen LogP contribution < -0.4 is 5.32 Å². The third-order valence-electron chi connectivity index (χ3n) is 4.67. The number of nitrogens with zero attached hydrogens (tertiary/aromatic N) is 2. The van der Waals surface area contributed by atoms with Gasteiger partial charge in [-0.3, -0.25) is 10.1 Å². The number of carbonyl (C=O) groups is 1. The molecule has 4 nitrogen and oxygen atoms in total. The molecular weight excluding hydrogens is 282 g/mol. The first-order valence-corrected chi connectivity index (χ1v) is 8.77. The number of carbonyl (C=O) groups excluding carboxylic acids is 1. The molecule has 1 amide bonds. The maximum absolute atomic E-state index is 13.0. The van der Waals surface area contributed by atoms with Crippen molar-refractivity contribution < 1.29 is 4.79 Å². The molecule has 1 aromatic rings. The van der Waals surface area contributed by atoms with E-state index in [2.05, 4.69) is 46.7 Å². The topological polar surface area (TPSA) is 35.6 Å². The molecule has 0 aromatic carbocycles.